The third-order valence-corrected chi connectivity index (χ3v) is 3.32. The van der Waals surface area contributed by atoms with Crippen LogP contribution >= 0.6 is 24.8 Å². The van der Waals surface area contributed by atoms with Gasteiger partial charge in [-0.25, -0.2) is 0 Å². The maximum atomic E-state index is 4.22. The Balaban J connectivity index is 0.000000562. The summed E-state index contributed by atoms with van der Waals surface area (Å²) in [6, 6.07) is 3.53. The van der Waals surface area contributed by atoms with E-state index in [1.54, 1.807) is 0 Å². The van der Waals surface area contributed by atoms with E-state index in [2.05, 4.69) is 16.4 Å². The van der Waals surface area contributed by atoms with Gasteiger partial charge in [-0.1, -0.05) is 0 Å². The first kappa shape index (κ1) is 12.8. The quantitative estimate of drug-likeness (QED) is 0.762. The number of hydrogen-bond donors (Lipinski definition) is 1. The molecule has 1 saturated heterocycles. The van der Waals surface area contributed by atoms with Crippen LogP contribution in [-0.4, -0.2) is 11.0 Å². The molecule has 2 aliphatic rings. The summed E-state index contributed by atoms with van der Waals surface area (Å²) in [4.78, 5) is 4.22. The maximum Gasteiger partial charge on any atom is 0.0341 e. The Bertz CT molecular complexity index is 330. The highest BCUT2D eigenvalue weighted by Gasteiger charge is 2.29. The number of pyridine rings is 1. The number of aryl methyl sites for hydroxylation is 1. The Kier molecular flexibility index (Phi) is 4.38. The molecule has 0 saturated carbocycles. The zero-order chi connectivity index (χ0) is 8.67. The zero-order valence-electron chi connectivity index (χ0n) is 8.48. The summed E-state index contributed by atoms with van der Waals surface area (Å²) in [5, 5.41) is 3.67. The molecule has 0 radical (unpaired) electrons. The predicted molar refractivity (Wildman–Crippen MR) is 66.0 cm³/mol. The highest BCUT2D eigenvalue weighted by atomic mass is 35.5. The lowest BCUT2D eigenvalue weighted by atomic mass is 9.95. The van der Waals surface area contributed by atoms with Gasteiger partial charge in [0.15, 0.2) is 0 Å². The van der Waals surface area contributed by atoms with E-state index in [1.165, 1.54) is 36.8 Å². The molecule has 2 aliphatic heterocycles. The van der Waals surface area contributed by atoms with E-state index in [0.29, 0.717) is 6.04 Å². The fraction of sp³-hybridized carbons (Fsp3) is 0.545. The molecule has 2 atom stereocenters. The van der Waals surface area contributed by atoms with Crippen LogP contribution in [-0.2, 0) is 6.42 Å². The van der Waals surface area contributed by atoms with Gasteiger partial charge in [0, 0.05) is 24.5 Å². The topological polar surface area (TPSA) is 24.9 Å². The molecule has 2 bridgehead atoms. The highest BCUT2D eigenvalue weighted by Crippen LogP contribution is 2.33. The van der Waals surface area contributed by atoms with E-state index >= 15 is 0 Å². The summed E-state index contributed by atoms with van der Waals surface area (Å²) >= 11 is 0. The molecular weight excluding hydrogens is 231 g/mol. The van der Waals surface area contributed by atoms with Crippen molar-refractivity contribution >= 4 is 24.8 Å². The van der Waals surface area contributed by atoms with Crippen LogP contribution in [0.15, 0.2) is 18.5 Å². The third-order valence-electron chi connectivity index (χ3n) is 3.32. The third kappa shape index (κ3) is 2.27. The molecule has 3 heterocycles. The van der Waals surface area contributed by atoms with E-state index in [9.17, 15) is 0 Å². The van der Waals surface area contributed by atoms with Gasteiger partial charge in [-0.05, 0) is 42.9 Å². The molecule has 1 aromatic rings. The summed E-state index contributed by atoms with van der Waals surface area (Å²) in [5.41, 5.74) is 2.96. The summed E-state index contributed by atoms with van der Waals surface area (Å²) in [6.07, 6.45) is 9.13. The van der Waals surface area contributed by atoms with Crippen LogP contribution < -0.4 is 5.32 Å². The van der Waals surface area contributed by atoms with E-state index in [4.69, 9.17) is 0 Å². The minimum absolute atomic E-state index is 0. The number of hydrogen-bond acceptors (Lipinski definition) is 2. The second-order valence-corrected chi connectivity index (χ2v) is 4.11. The van der Waals surface area contributed by atoms with Crippen LogP contribution in [0.1, 0.15) is 36.4 Å². The highest BCUT2D eigenvalue weighted by molar-refractivity contribution is 5.85. The predicted octanol–water partition coefficient (Wildman–Crippen LogP) is 2.66. The molecular formula is C11H16Cl2N2. The van der Waals surface area contributed by atoms with Crippen molar-refractivity contribution in [3.05, 3.63) is 29.6 Å². The number of nitrogens with zero attached hydrogens (tertiary/aromatic N) is 1. The lowest BCUT2D eigenvalue weighted by Gasteiger charge is -2.12. The van der Waals surface area contributed by atoms with E-state index in [-0.39, 0.29) is 24.8 Å². The number of halogens is 2. The summed E-state index contributed by atoms with van der Waals surface area (Å²) in [6.45, 7) is 0. The fourth-order valence-corrected chi connectivity index (χ4v) is 2.60. The molecule has 1 fully saturated rings. The first-order valence-electron chi connectivity index (χ1n) is 5.12. The van der Waals surface area contributed by atoms with Crippen LogP contribution in [0.5, 0.6) is 0 Å². The Labute approximate surface area is 103 Å². The molecule has 15 heavy (non-hydrogen) atoms. The molecule has 4 heteroatoms. The van der Waals surface area contributed by atoms with Gasteiger partial charge in [-0.15, -0.1) is 24.8 Å². The van der Waals surface area contributed by atoms with Crippen molar-refractivity contribution in [2.75, 3.05) is 0 Å². The average Bonchev–Trinajstić information content (AvgIpc) is 2.54. The number of aromatic nitrogens is 1. The first-order chi connectivity index (χ1) is 6.43. The van der Waals surface area contributed by atoms with Crippen LogP contribution in [0.4, 0.5) is 0 Å². The van der Waals surface area contributed by atoms with Crippen LogP contribution in [0.2, 0.25) is 0 Å². The van der Waals surface area contributed by atoms with Crippen LogP contribution in [0, 0.1) is 0 Å². The van der Waals surface area contributed by atoms with E-state index < -0.39 is 0 Å². The van der Waals surface area contributed by atoms with Crippen LogP contribution in [0.25, 0.3) is 0 Å². The van der Waals surface area contributed by atoms with Crippen molar-refractivity contribution in [3.8, 4) is 0 Å². The average molecular weight is 247 g/mol. The van der Waals surface area contributed by atoms with Crippen molar-refractivity contribution in [2.45, 2.75) is 37.8 Å². The molecule has 1 aromatic heterocycles. The van der Waals surface area contributed by atoms with Gasteiger partial charge in [0.05, 0.1) is 0 Å². The van der Waals surface area contributed by atoms with Gasteiger partial charge >= 0.3 is 0 Å². The fourth-order valence-electron chi connectivity index (χ4n) is 2.60. The molecule has 3 rings (SSSR count). The Morgan fingerprint density at radius 3 is 2.93 bits per heavy atom. The van der Waals surface area contributed by atoms with Gasteiger partial charge in [0.25, 0.3) is 0 Å². The van der Waals surface area contributed by atoms with Crippen molar-refractivity contribution in [2.24, 2.45) is 0 Å². The van der Waals surface area contributed by atoms with Gasteiger partial charge in [0.1, 0.15) is 0 Å². The van der Waals surface area contributed by atoms with Crippen molar-refractivity contribution < 1.29 is 0 Å². The largest absolute Gasteiger partial charge is 0.307 e. The number of fused-ring (bicyclic) bond motifs is 4. The molecule has 0 aliphatic carbocycles. The molecule has 84 valence electrons. The van der Waals surface area contributed by atoms with Crippen LogP contribution in [0.3, 0.4) is 0 Å². The SMILES string of the molecule is Cl.Cl.c1cc2c(cn1)[C@@H]1CC[C@H](CC2)N1. The van der Waals surface area contributed by atoms with E-state index in [1.807, 2.05) is 12.4 Å². The minimum atomic E-state index is 0. The second-order valence-electron chi connectivity index (χ2n) is 4.11. The van der Waals surface area contributed by atoms with Crippen molar-refractivity contribution in [1.29, 1.82) is 0 Å². The summed E-state index contributed by atoms with van der Waals surface area (Å²) in [7, 11) is 0. The minimum Gasteiger partial charge on any atom is -0.307 e. The van der Waals surface area contributed by atoms with Crippen molar-refractivity contribution in [1.82, 2.24) is 10.3 Å². The monoisotopic (exact) mass is 246 g/mol. The van der Waals surface area contributed by atoms with Gasteiger partial charge in [-0.3, -0.25) is 4.98 Å². The number of nitrogens with one attached hydrogen (secondary N) is 1. The van der Waals surface area contributed by atoms with Gasteiger partial charge < -0.3 is 5.32 Å². The molecule has 0 aromatic carbocycles. The molecule has 0 unspecified atom stereocenters. The Morgan fingerprint density at radius 2 is 2.07 bits per heavy atom. The summed E-state index contributed by atoms with van der Waals surface area (Å²) < 4.78 is 0. The molecule has 0 spiro atoms. The molecule has 2 nitrogen and oxygen atoms in total. The zero-order valence-corrected chi connectivity index (χ0v) is 10.1. The Morgan fingerprint density at radius 1 is 1.20 bits per heavy atom. The normalized spacial score (nSPS) is 26.9. The standard InChI is InChI=1S/C11H14N2.2ClH/c1-2-9-3-4-11(13-9)10-7-12-6-5-8(1)10;;/h5-7,9,11,13H,1-4H2;2*1H/t9-,11-;;/m0../s1. The van der Waals surface area contributed by atoms with Gasteiger partial charge in [0.2, 0.25) is 0 Å². The molecule has 1 N–H and O–H groups in total. The summed E-state index contributed by atoms with van der Waals surface area (Å²) in [5.74, 6) is 0. The second kappa shape index (κ2) is 5.15. The Hall–Kier alpha value is -0.310. The lowest BCUT2D eigenvalue weighted by Crippen LogP contribution is -2.21. The first-order valence-corrected chi connectivity index (χ1v) is 5.12. The maximum absolute atomic E-state index is 4.22. The smallest absolute Gasteiger partial charge is 0.0341 e. The van der Waals surface area contributed by atoms with Crippen molar-refractivity contribution in [3.63, 3.8) is 0 Å². The van der Waals surface area contributed by atoms with E-state index in [0.717, 1.165) is 6.04 Å². The molecule has 0 amide bonds. The van der Waals surface area contributed by atoms with Gasteiger partial charge in [-0.2, -0.15) is 0 Å². The number of rotatable bonds is 0. The lowest BCUT2D eigenvalue weighted by molar-refractivity contribution is 0.542.